The zero-order chi connectivity index (χ0) is 16.8. The molecule has 2 saturated carbocycles. The lowest BCUT2D eigenvalue weighted by Gasteiger charge is -2.27. The van der Waals surface area contributed by atoms with E-state index in [4.69, 9.17) is 9.90 Å². The van der Waals surface area contributed by atoms with Crippen molar-refractivity contribution in [3.05, 3.63) is 0 Å². The molecule has 3 nitrogen and oxygen atoms in total. The van der Waals surface area contributed by atoms with E-state index in [0.29, 0.717) is 0 Å². The van der Waals surface area contributed by atoms with Crippen LogP contribution in [0.1, 0.15) is 103 Å². The maximum atomic E-state index is 9.15. The van der Waals surface area contributed by atoms with Gasteiger partial charge in [-0.05, 0) is 11.8 Å². The van der Waals surface area contributed by atoms with Gasteiger partial charge in [-0.25, -0.2) is 4.79 Å². The van der Waals surface area contributed by atoms with Crippen LogP contribution in [0.25, 0.3) is 0 Å². The number of hydrogen-bond acceptors (Lipinski definition) is 2. The van der Waals surface area contributed by atoms with Crippen LogP contribution in [0.4, 0.5) is 4.79 Å². The molecule has 0 aromatic carbocycles. The van der Waals surface area contributed by atoms with Gasteiger partial charge in [-0.15, -0.1) is 0 Å². The predicted molar refractivity (Wildman–Crippen MR) is 95.9 cm³/mol. The van der Waals surface area contributed by atoms with Crippen LogP contribution >= 0.6 is 0 Å². The molecule has 0 aromatic rings. The summed E-state index contributed by atoms with van der Waals surface area (Å²) in [4.78, 5) is 9.15. The van der Waals surface area contributed by atoms with Crippen LogP contribution in [0, 0.1) is 11.8 Å². The van der Waals surface area contributed by atoms with Crippen LogP contribution in [-0.4, -0.2) is 18.4 Å². The zero-order valence-electron chi connectivity index (χ0n) is 15.2. The highest BCUT2D eigenvalue weighted by Gasteiger charge is 2.21. The van der Waals surface area contributed by atoms with Gasteiger partial charge in [0.2, 0.25) is 0 Å². The van der Waals surface area contributed by atoms with Gasteiger partial charge in [0.05, 0.1) is 7.11 Å². The van der Waals surface area contributed by atoms with E-state index in [-0.39, 0.29) is 0 Å². The summed E-state index contributed by atoms with van der Waals surface area (Å²) in [5.41, 5.74) is 0. The van der Waals surface area contributed by atoms with E-state index in [9.17, 15) is 0 Å². The van der Waals surface area contributed by atoms with Crippen LogP contribution in [0.15, 0.2) is 0 Å². The van der Waals surface area contributed by atoms with Gasteiger partial charge in [0.25, 0.3) is 0 Å². The van der Waals surface area contributed by atoms with E-state index in [1.807, 2.05) is 0 Å². The molecular formula is C20H38O3. The van der Waals surface area contributed by atoms with E-state index in [0.717, 1.165) is 18.9 Å². The maximum Gasteiger partial charge on any atom is 0.505 e. The first kappa shape index (κ1) is 20.3. The molecule has 23 heavy (non-hydrogen) atoms. The molecule has 3 heteroatoms. The van der Waals surface area contributed by atoms with E-state index in [1.165, 1.54) is 77.0 Å². The standard InChI is InChI=1S/C18H34.C2H4O3/c1-2-6-10-14-17(13-9-5-1)18-15-11-7-3-4-8-12-16-18;1-5-2(3)4/h17-18H,1-16H2;1H3,(H,3,4). The summed E-state index contributed by atoms with van der Waals surface area (Å²) in [7, 11) is 1.10. The number of methoxy groups -OCH3 is 1. The summed E-state index contributed by atoms with van der Waals surface area (Å²) in [6, 6.07) is 0. The number of carbonyl (C=O) groups is 1. The number of rotatable bonds is 1. The van der Waals surface area contributed by atoms with Crippen molar-refractivity contribution < 1.29 is 14.6 Å². The molecule has 2 fully saturated rings. The van der Waals surface area contributed by atoms with E-state index in [2.05, 4.69) is 4.74 Å². The van der Waals surface area contributed by atoms with Crippen LogP contribution in [-0.2, 0) is 4.74 Å². The Morgan fingerprint density at radius 3 is 1.09 bits per heavy atom. The minimum Gasteiger partial charge on any atom is -0.450 e. The van der Waals surface area contributed by atoms with Crippen molar-refractivity contribution in [2.24, 2.45) is 11.8 Å². The second kappa shape index (κ2) is 13.7. The van der Waals surface area contributed by atoms with Crippen LogP contribution < -0.4 is 0 Å². The molecule has 0 radical (unpaired) electrons. The van der Waals surface area contributed by atoms with Crippen molar-refractivity contribution in [2.45, 2.75) is 103 Å². The van der Waals surface area contributed by atoms with E-state index in [1.54, 1.807) is 25.7 Å². The molecule has 0 bridgehead atoms. The molecule has 2 aliphatic carbocycles. The van der Waals surface area contributed by atoms with E-state index >= 15 is 0 Å². The van der Waals surface area contributed by atoms with Gasteiger partial charge in [0, 0.05) is 0 Å². The molecule has 2 aliphatic rings. The smallest absolute Gasteiger partial charge is 0.450 e. The van der Waals surface area contributed by atoms with Gasteiger partial charge in [-0.2, -0.15) is 0 Å². The SMILES string of the molecule is C1CCCCC(C2CCCCCCCC2)CCC1.COC(=O)O. The summed E-state index contributed by atoms with van der Waals surface area (Å²) in [6.07, 6.45) is 23.2. The Hall–Kier alpha value is -0.730. The van der Waals surface area contributed by atoms with Crippen LogP contribution in [0.3, 0.4) is 0 Å². The molecule has 2 rings (SSSR count). The molecule has 0 heterocycles. The highest BCUT2D eigenvalue weighted by Crippen LogP contribution is 2.35. The Bertz CT molecular complexity index is 249. The fourth-order valence-corrected chi connectivity index (χ4v) is 4.27. The Kier molecular flexibility index (Phi) is 12.1. The average molecular weight is 327 g/mol. The highest BCUT2D eigenvalue weighted by molar-refractivity contribution is 5.56. The summed E-state index contributed by atoms with van der Waals surface area (Å²) in [5, 5.41) is 7.50. The minimum atomic E-state index is -1.25. The van der Waals surface area contributed by atoms with Crippen LogP contribution in [0.2, 0.25) is 0 Å². The third-order valence-corrected chi connectivity index (χ3v) is 5.64. The Balaban J connectivity index is 0.000000463. The van der Waals surface area contributed by atoms with Crippen molar-refractivity contribution in [2.75, 3.05) is 7.11 Å². The van der Waals surface area contributed by atoms with Crippen molar-refractivity contribution in [3.8, 4) is 0 Å². The van der Waals surface area contributed by atoms with Gasteiger partial charge in [0.1, 0.15) is 0 Å². The fourth-order valence-electron chi connectivity index (χ4n) is 4.27. The molecule has 0 amide bonds. The van der Waals surface area contributed by atoms with E-state index < -0.39 is 6.16 Å². The lowest BCUT2D eigenvalue weighted by atomic mass is 9.79. The molecule has 0 spiro atoms. The van der Waals surface area contributed by atoms with Crippen LogP contribution in [0.5, 0.6) is 0 Å². The maximum absolute atomic E-state index is 9.15. The number of ether oxygens (including phenoxy) is 1. The molecule has 0 unspecified atom stereocenters. The van der Waals surface area contributed by atoms with Gasteiger partial charge in [-0.3, -0.25) is 0 Å². The average Bonchev–Trinajstić information content (AvgIpc) is 2.78. The zero-order valence-corrected chi connectivity index (χ0v) is 15.2. The first-order valence-electron chi connectivity index (χ1n) is 10.0. The second-order valence-corrected chi connectivity index (χ2v) is 7.39. The fraction of sp³-hybridized carbons (Fsp3) is 0.950. The third-order valence-electron chi connectivity index (χ3n) is 5.64. The first-order chi connectivity index (χ1) is 11.2. The molecular weight excluding hydrogens is 288 g/mol. The molecule has 0 saturated heterocycles. The largest absolute Gasteiger partial charge is 0.505 e. The van der Waals surface area contributed by atoms with Gasteiger partial charge in [0.15, 0.2) is 0 Å². The van der Waals surface area contributed by atoms with Crippen molar-refractivity contribution in [1.82, 2.24) is 0 Å². The van der Waals surface area contributed by atoms with Gasteiger partial charge in [-0.1, -0.05) is 103 Å². The van der Waals surface area contributed by atoms with Crippen molar-refractivity contribution >= 4 is 6.16 Å². The number of carboxylic acid groups (broad SMARTS) is 1. The molecule has 0 aliphatic heterocycles. The summed E-state index contributed by atoms with van der Waals surface area (Å²) in [5.74, 6) is 2.20. The monoisotopic (exact) mass is 326 g/mol. The third kappa shape index (κ3) is 10.6. The Morgan fingerprint density at radius 2 is 0.870 bits per heavy atom. The lowest BCUT2D eigenvalue weighted by Crippen LogP contribution is -2.15. The summed E-state index contributed by atoms with van der Waals surface area (Å²) >= 11 is 0. The van der Waals surface area contributed by atoms with Crippen molar-refractivity contribution in [1.29, 1.82) is 0 Å². The summed E-state index contributed by atoms with van der Waals surface area (Å²) in [6.45, 7) is 0. The topological polar surface area (TPSA) is 46.5 Å². The molecule has 1 N–H and O–H groups in total. The van der Waals surface area contributed by atoms with Gasteiger partial charge < -0.3 is 9.84 Å². The van der Waals surface area contributed by atoms with Gasteiger partial charge >= 0.3 is 6.16 Å². The molecule has 0 aromatic heterocycles. The normalized spacial score (nSPS) is 22.8. The minimum absolute atomic E-state index is 1.10. The summed E-state index contributed by atoms with van der Waals surface area (Å²) < 4.78 is 3.67. The second-order valence-electron chi connectivity index (χ2n) is 7.39. The van der Waals surface area contributed by atoms with Crippen molar-refractivity contribution in [3.63, 3.8) is 0 Å². The number of hydrogen-bond donors (Lipinski definition) is 1. The quantitative estimate of drug-likeness (QED) is 0.539. The highest BCUT2D eigenvalue weighted by atomic mass is 16.6. The Morgan fingerprint density at radius 1 is 0.652 bits per heavy atom. The Labute approximate surface area is 143 Å². The molecule has 136 valence electrons. The predicted octanol–water partition coefficient (Wildman–Crippen LogP) is 6.80. The lowest BCUT2D eigenvalue weighted by molar-refractivity contribution is 0.114. The molecule has 0 atom stereocenters. The first-order valence-corrected chi connectivity index (χ1v) is 10.0.